The molecule has 1 aliphatic rings. The summed E-state index contributed by atoms with van der Waals surface area (Å²) in [6.07, 6.45) is 6.38. The Morgan fingerprint density at radius 3 is 2.47 bits per heavy atom. The van der Waals surface area contributed by atoms with Crippen molar-refractivity contribution >= 4 is 0 Å². The van der Waals surface area contributed by atoms with Crippen molar-refractivity contribution in [1.82, 2.24) is 5.32 Å². The van der Waals surface area contributed by atoms with Gasteiger partial charge in [0.1, 0.15) is 0 Å². The Morgan fingerprint density at radius 2 is 1.93 bits per heavy atom. The van der Waals surface area contributed by atoms with Crippen molar-refractivity contribution in [1.29, 1.82) is 0 Å². The third-order valence-corrected chi connectivity index (χ3v) is 3.11. The second kappa shape index (κ2) is 6.49. The van der Waals surface area contributed by atoms with E-state index < -0.39 is 0 Å². The Labute approximate surface area is 94.8 Å². The zero-order chi connectivity index (χ0) is 11.1. The van der Waals surface area contributed by atoms with Crippen molar-refractivity contribution in [3.05, 3.63) is 0 Å². The van der Waals surface area contributed by atoms with E-state index in [1.54, 1.807) is 0 Å². The Morgan fingerprint density at radius 1 is 1.27 bits per heavy atom. The van der Waals surface area contributed by atoms with Gasteiger partial charge in [0.25, 0.3) is 0 Å². The van der Waals surface area contributed by atoms with Gasteiger partial charge in [0, 0.05) is 13.2 Å². The molecule has 0 amide bonds. The molecule has 0 radical (unpaired) electrons. The average molecular weight is 213 g/mol. The van der Waals surface area contributed by atoms with E-state index in [1.165, 1.54) is 32.1 Å². The lowest BCUT2D eigenvalue weighted by Gasteiger charge is -2.30. The second-order valence-electron chi connectivity index (χ2n) is 5.27. The van der Waals surface area contributed by atoms with Crippen LogP contribution in [0, 0.1) is 5.92 Å². The average Bonchev–Trinajstić information content (AvgIpc) is 2.65. The fourth-order valence-electron chi connectivity index (χ4n) is 2.23. The summed E-state index contributed by atoms with van der Waals surface area (Å²) in [5.74, 6) is 0.647. The highest BCUT2D eigenvalue weighted by Gasteiger charge is 2.34. The van der Waals surface area contributed by atoms with Crippen LogP contribution in [0.2, 0.25) is 0 Å². The summed E-state index contributed by atoms with van der Waals surface area (Å²) < 4.78 is 6.14. The largest absolute Gasteiger partial charge is 0.373 e. The van der Waals surface area contributed by atoms with Gasteiger partial charge < -0.3 is 10.1 Å². The SMILES string of the molecule is CCCNCC1(OCC(C)C)CCCC1. The van der Waals surface area contributed by atoms with Gasteiger partial charge in [0.15, 0.2) is 0 Å². The topological polar surface area (TPSA) is 21.3 Å². The van der Waals surface area contributed by atoms with Crippen molar-refractivity contribution in [2.75, 3.05) is 19.7 Å². The van der Waals surface area contributed by atoms with E-state index in [-0.39, 0.29) is 5.60 Å². The quantitative estimate of drug-likeness (QED) is 0.656. The Bertz CT molecular complexity index is 162. The van der Waals surface area contributed by atoms with Crippen LogP contribution in [0.5, 0.6) is 0 Å². The van der Waals surface area contributed by atoms with E-state index in [2.05, 4.69) is 26.1 Å². The van der Waals surface area contributed by atoms with Crippen molar-refractivity contribution in [2.45, 2.75) is 58.5 Å². The first-order valence-corrected chi connectivity index (χ1v) is 6.53. The molecule has 0 spiro atoms. The summed E-state index contributed by atoms with van der Waals surface area (Å²) in [6, 6.07) is 0. The molecule has 0 aliphatic heterocycles. The van der Waals surface area contributed by atoms with Crippen LogP contribution in [0.4, 0.5) is 0 Å². The van der Waals surface area contributed by atoms with Crippen LogP contribution in [-0.4, -0.2) is 25.3 Å². The summed E-state index contributed by atoms with van der Waals surface area (Å²) in [4.78, 5) is 0. The Balaban J connectivity index is 2.32. The first kappa shape index (κ1) is 13.0. The standard InChI is InChI=1S/C13H27NO/c1-4-9-14-11-13(7-5-6-8-13)15-10-12(2)3/h12,14H,4-11H2,1-3H3. The minimum absolute atomic E-state index is 0.166. The number of hydrogen-bond donors (Lipinski definition) is 1. The zero-order valence-corrected chi connectivity index (χ0v) is 10.6. The van der Waals surface area contributed by atoms with E-state index in [4.69, 9.17) is 4.74 Å². The molecule has 1 aliphatic carbocycles. The van der Waals surface area contributed by atoms with E-state index in [1.807, 2.05) is 0 Å². The van der Waals surface area contributed by atoms with Gasteiger partial charge in [-0.15, -0.1) is 0 Å². The van der Waals surface area contributed by atoms with Crippen LogP contribution in [0.1, 0.15) is 52.9 Å². The van der Waals surface area contributed by atoms with Crippen LogP contribution in [-0.2, 0) is 4.74 Å². The maximum atomic E-state index is 6.14. The summed E-state index contributed by atoms with van der Waals surface area (Å²) >= 11 is 0. The summed E-state index contributed by atoms with van der Waals surface area (Å²) in [6.45, 7) is 9.74. The molecule has 0 atom stereocenters. The molecular weight excluding hydrogens is 186 g/mol. The molecule has 0 aromatic carbocycles. The van der Waals surface area contributed by atoms with Crippen LogP contribution < -0.4 is 5.32 Å². The van der Waals surface area contributed by atoms with Crippen molar-refractivity contribution < 1.29 is 4.74 Å². The van der Waals surface area contributed by atoms with Gasteiger partial charge in [-0.2, -0.15) is 0 Å². The smallest absolute Gasteiger partial charge is 0.0806 e. The molecule has 15 heavy (non-hydrogen) atoms. The maximum Gasteiger partial charge on any atom is 0.0806 e. The van der Waals surface area contributed by atoms with Crippen LogP contribution in [0.25, 0.3) is 0 Å². The summed E-state index contributed by atoms with van der Waals surface area (Å²) in [5, 5.41) is 3.52. The van der Waals surface area contributed by atoms with E-state index >= 15 is 0 Å². The van der Waals surface area contributed by atoms with E-state index in [0.29, 0.717) is 5.92 Å². The first-order chi connectivity index (χ1) is 7.18. The normalized spacial score (nSPS) is 20.0. The van der Waals surface area contributed by atoms with Gasteiger partial charge in [-0.05, 0) is 31.7 Å². The molecule has 1 N–H and O–H groups in total. The maximum absolute atomic E-state index is 6.14. The highest BCUT2D eigenvalue weighted by atomic mass is 16.5. The molecular formula is C13H27NO. The van der Waals surface area contributed by atoms with Gasteiger partial charge in [0.05, 0.1) is 5.60 Å². The van der Waals surface area contributed by atoms with Gasteiger partial charge in [-0.1, -0.05) is 33.6 Å². The highest BCUT2D eigenvalue weighted by molar-refractivity contribution is 4.88. The number of rotatable bonds is 7. The molecule has 0 aromatic heterocycles. The fraction of sp³-hybridized carbons (Fsp3) is 1.00. The zero-order valence-electron chi connectivity index (χ0n) is 10.6. The Hall–Kier alpha value is -0.0800. The molecule has 90 valence electrons. The molecule has 2 heteroatoms. The predicted molar refractivity (Wildman–Crippen MR) is 65.1 cm³/mol. The third kappa shape index (κ3) is 4.52. The third-order valence-electron chi connectivity index (χ3n) is 3.11. The second-order valence-corrected chi connectivity index (χ2v) is 5.27. The molecule has 2 nitrogen and oxygen atoms in total. The lowest BCUT2D eigenvalue weighted by molar-refractivity contribution is -0.0507. The van der Waals surface area contributed by atoms with E-state index in [9.17, 15) is 0 Å². The summed E-state index contributed by atoms with van der Waals surface area (Å²) in [7, 11) is 0. The molecule has 0 saturated heterocycles. The fourth-order valence-corrected chi connectivity index (χ4v) is 2.23. The van der Waals surface area contributed by atoms with Crippen molar-refractivity contribution in [2.24, 2.45) is 5.92 Å². The number of ether oxygens (including phenoxy) is 1. The Kier molecular flexibility index (Phi) is 5.62. The van der Waals surface area contributed by atoms with Crippen LogP contribution >= 0.6 is 0 Å². The molecule has 1 saturated carbocycles. The summed E-state index contributed by atoms with van der Waals surface area (Å²) in [5.41, 5.74) is 0.166. The van der Waals surface area contributed by atoms with Gasteiger partial charge in [-0.3, -0.25) is 0 Å². The molecule has 0 heterocycles. The lowest BCUT2D eigenvalue weighted by Crippen LogP contribution is -2.41. The molecule has 0 aromatic rings. The van der Waals surface area contributed by atoms with Gasteiger partial charge in [-0.25, -0.2) is 0 Å². The lowest BCUT2D eigenvalue weighted by atomic mass is 10.0. The molecule has 1 rings (SSSR count). The highest BCUT2D eigenvalue weighted by Crippen LogP contribution is 2.33. The van der Waals surface area contributed by atoms with Gasteiger partial charge >= 0.3 is 0 Å². The molecule has 0 unspecified atom stereocenters. The van der Waals surface area contributed by atoms with Gasteiger partial charge in [0.2, 0.25) is 0 Å². The number of nitrogens with one attached hydrogen (secondary N) is 1. The van der Waals surface area contributed by atoms with Crippen LogP contribution in [0.15, 0.2) is 0 Å². The van der Waals surface area contributed by atoms with Crippen molar-refractivity contribution in [3.63, 3.8) is 0 Å². The minimum atomic E-state index is 0.166. The van der Waals surface area contributed by atoms with Crippen molar-refractivity contribution in [3.8, 4) is 0 Å². The molecule has 1 fully saturated rings. The first-order valence-electron chi connectivity index (χ1n) is 6.53. The minimum Gasteiger partial charge on any atom is -0.373 e. The van der Waals surface area contributed by atoms with Crippen LogP contribution in [0.3, 0.4) is 0 Å². The monoisotopic (exact) mass is 213 g/mol. The molecule has 0 bridgehead atoms. The van der Waals surface area contributed by atoms with E-state index in [0.717, 1.165) is 19.7 Å². The predicted octanol–water partition coefficient (Wildman–Crippen LogP) is 2.97. The number of hydrogen-bond acceptors (Lipinski definition) is 2.